The van der Waals surface area contributed by atoms with Gasteiger partial charge in [-0.1, -0.05) is 0 Å². The van der Waals surface area contributed by atoms with Crippen LogP contribution in [0, 0.1) is 0 Å². The number of ether oxygens (including phenoxy) is 2. The molecule has 3 rings (SSSR count). The van der Waals surface area contributed by atoms with Crippen molar-refractivity contribution >= 4 is 11.6 Å². The number of hydrogen-bond acceptors (Lipinski definition) is 5. The van der Waals surface area contributed by atoms with Crippen molar-refractivity contribution in [2.24, 2.45) is 0 Å². The van der Waals surface area contributed by atoms with Gasteiger partial charge in [0.15, 0.2) is 6.61 Å². The Morgan fingerprint density at radius 1 is 1.11 bits per heavy atom. The maximum Gasteiger partial charge on any atom is 0.422 e. The Morgan fingerprint density at radius 3 is 2.39 bits per heavy atom. The summed E-state index contributed by atoms with van der Waals surface area (Å²) in [6.07, 6.45) is -3.20. The lowest BCUT2D eigenvalue weighted by Crippen LogP contribution is -2.48. The molecule has 0 atom stereocenters. The first-order chi connectivity index (χ1) is 13.4. The van der Waals surface area contributed by atoms with E-state index in [-0.39, 0.29) is 17.4 Å². The molecule has 1 amide bonds. The fourth-order valence-corrected chi connectivity index (χ4v) is 2.95. The van der Waals surface area contributed by atoms with Crippen molar-refractivity contribution in [3.63, 3.8) is 0 Å². The van der Waals surface area contributed by atoms with Crippen LogP contribution in [0.3, 0.4) is 0 Å². The molecule has 28 heavy (non-hydrogen) atoms. The molecule has 2 aromatic rings. The van der Waals surface area contributed by atoms with Crippen molar-refractivity contribution in [3.05, 3.63) is 48.2 Å². The molecule has 1 saturated heterocycles. The van der Waals surface area contributed by atoms with Crippen LogP contribution in [0.4, 0.5) is 18.9 Å². The molecule has 0 radical (unpaired) electrons. The number of aromatic nitrogens is 1. The number of rotatable bonds is 5. The lowest BCUT2D eigenvalue weighted by atomic mass is 10.2. The van der Waals surface area contributed by atoms with Crippen LogP contribution in [-0.4, -0.2) is 61.9 Å². The third-order valence-electron chi connectivity index (χ3n) is 4.38. The Kier molecular flexibility index (Phi) is 5.91. The van der Waals surface area contributed by atoms with Crippen LogP contribution in [0.1, 0.15) is 10.4 Å². The first-order valence-corrected chi connectivity index (χ1v) is 8.70. The van der Waals surface area contributed by atoms with Gasteiger partial charge < -0.3 is 19.3 Å². The summed E-state index contributed by atoms with van der Waals surface area (Å²) >= 11 is 0. The SMILES string of the molecule is COc1ccc(N2CCN(C(=O)c3cccnc3OCC(F)(F)F)CC2)cc1. The van der Waals surface area contributed by atoms with Gasteiger partial charge in [0.1, 0.15) is 11.3 Å². The standard InChI is InChI=1S/C19H20F3N3O3/c1-27-15-6-4-14(5-7-15)24-9-11-25(12-10-24)18(26)16-3-2-8-23-17(16)28-13-19(20,21)22/h2-8H,9-13H2,1H3. The maximum absolute atomic E-state index is 12.8. The second-order valence-electron chi connectivity index (χ2n) is 6.24. The van der Waals surface area contributed by atoms with E-state index in [0.717, 1.165) is 11.4 Å². The average Bonchev–Trinajstić information content (AvgIpc) is 2.71. The number of benzene rings is 1. The van der Waals surface area contributed by atoms with Gasteiger partial charge in [0, 0.05) is 38.1 Å². The zero-order chi connectivity index (χ0) is 20.1. The summed E-state index contributed by atoms with van der Waals surface area (Å²) in [6, 6.07) is 10.6. The number of alkyl halides is 3. The average molecular weight is 395 g/mol. The van der Waals surface area contributed by atoms with E-state index in [4.69, 9.17) is 9.47 Å². The first-order valence-electron chi connectivity index (χ1n) is 8.70. The highest BCUT2D eigenvalue weighted by Gasteiger charge is 2.30. The van der Waals surface area contributed by atoms with Crippen molar-refractivity contribution in [2.45, 2.75) is 6.18 Å². The Bertz CT molecular complexity index is 804. The third kappa shape index (κ3) is 4.85. The second-order valence-corrected chi connectivity index (χ2v) is 6.24. The number of pyridine rings is 1. The van der Waals surface area contributed by atoms with Crippen molar-refractivity contribution < 1.29 is 27.4 Å². The molecular weight excluding hydrogens is 375 g/mol. The number of piperazine rings is 1. The maximum atomic E-state index is 12.8. The third-order valence-corrected chi connectivity index (χ3v) is 4.38. The molecule has 150 valence electrons. The van der Waals surface area contributed by atoms with Crippen LogP contribution in [0.25, 0.3) is 0 Å². The zero-order valence-electron chi connectivity index (χ0n) is 15.3. The predicted molar refractivity (Wildman–Crippen MR) is 96.9 cm³/mol. The minimum Gasteiger partial charge on any atom is -0.497 e. The van der Waals surface area contributed by atoms with E-state index < -0.39 is 12.8 Å². The highest BCUT2D eigenvalue weighted by atomic mass is 19.4. The van der Waals surface area contributed by atoms with Gasteiger partial charge in [-0.05, 0) is 36.4 Å². The summed E-state index contributed by atoms with van der Waals surface area (Å²) in [7, 11) is 1.60. The molecule has 0 bridgehead atoms. The Labute approximate surface area is 160 Å². The molecule has 6 nitrogen and oxygen atoms in total. The molecule has 1 fully saturated rings. The molecule has 0 saturated carbocycles. The van der Waals surface area contributed by atoms with Gasteiger partial charge in [-0.15, -0.1) is 0 Å². The molecule has 0 spiro atoms. The quantitative estimate of drug-likeness (QED) is 0.779. The van der Waals surface area contributed by atoms with E-state index in [0.29, 0.717) is 26.2 Å². The van der Waals surface area contributed by atoms with Crippen LogP contribution >= 0.6 is 0 Å². The molecule has 2 heterocycles. The molecule has 1 aliphatic heterocycles. The number of carbonyl (C=O) groups is 1. The number of anilines is 1. The van der Waals surface area contributed by atoms with Gasteiger partial charge in [0.25, 0.3) is 5.91 Å². The molecular formula is C19H20F3N3O3. The van der Waals surface area contributed by atoms with Crippen LogP contribution in [0.5, 0.6) is 11.6 Å². The van der Waals surface area contributed by atoms with E-state index >= 15 is 0 Å². The van der Waals surface area contributed by atoms with Crippen LogP contribution in [-0.2, 0) is 0 Å². The number of nitrogens with zero attached hydrogens (tertiary/aromatic N) is 3. The van der Waals surface area contributed by atoms with Crippen molar-refractivity contribution in [1.82, 2.24) is 9.88 Å². The summed E-state index contributed by atoms with van der Waals surface area (Å²) in [5.74, 6) is 0.0718. The number of halogens is 3. The van der Waals surface area contributed by atoms with Crippen molar-refractivity contribution in [2.75, 3.05) is 44.8 Å². The lowest BCUT2D eigenvalue weighted by Gasteiger charge is -2.36. The highest BCUT2D eigenvalue weighted by Crippen LogP contribution is 2.24. The minimum absolute atomic E-state index is 0.0321. The minimum atomic E-state index is -4.50. The van der Waals surface area contributed by atoms with Gasteiger partial charge in [-0.3, -0.25) is 4.79 Å². The van der Waals surface area contributed by atoms with Gasteiger partial charge in [0.05, 0.1) is 7.11 Å². The van der Waals surface area contributed by atoms with E-state index in [1.807, 2.05) is 24.3 Å². The Morgan fingerprint density at radius 2 is 1.79 bits per heavy atom. The first kappa shape index (κ1) is 19.8. The smallest absolute Gasteiger partial charge is 0.422 e. The van der Waals surface area contributed by atoms with Gasteiger partial charge >= 0.3 is 6.18 Å². The predicted octanol–water partition coefficient (Wildman–Crippen LogP) is 2.99. The summed E-state index contributed by atoms with van der Waals surface area (Å²) in [5.41, 5.74) is 1.05. The molecule has 1 aliphatic rings. The van der Waals surface area contributed by atoms with Gasteiger partial charge in [-0.25, -0.2) is 4.98 Å². The zero-order valence-corrected chi connectivity index (χ0v) is 15.3. The summed E-state index contributed by atoms with van der Waals surface area (Å²) in [4.78, 5) is 20.3. The second kappa shape index (κ2) is 8.37. The van der Waals surface area contributed by atoms with Gasteiger partial charge in [0.2, 0.25) is 5.88 Å². The van der Waals surface area contributed by atoms with E-state index in [9.17, 15) is 18.0 Å². The van der Waals surface area contributed by atoms with Crippen molar-refractivity contribution in [3.8, 4) is 11.6 Å². The fourth-order valence-electron chi connectivity index (χ4n) is 2.95. The summed E-state index contributed by atoms with van der Waals surface area (Å²) in [6.45, 7) is 0.612. The van der Waals surface area contributed by atoms with Crippen LogP contribution < -0.4 is 14.4 Å². The number of methoxy groups -OCH3 is 1. The number of amides is 1. The molecule has 0 aliphatic carbocycles. The topological polar surface area (TPSA) is 54.9 Å². The van der Waals surface area contributed by atoms with E-state index in [1.54, 1.807) is 12.0 Å². The van der Waals surface area contributed by atoms with E-state index in [1.165, 1.54) is 18.3 Å². The van der Waals surface area contributed by atoms with Crippen molar-refractivity contribution in [1.29, 1.82) is 0 Å². The fraction of sp³-hybridized carbons (Fsp3) is 0.368. The molecule has 9 heteroatoms. The highest BCUT2D eigenvalue weighted by molar-refractivity contribution is 5.96. The molecule has 0 unspecified atom stereocenters. The Balaban J connectivity index is 1.63. The molecule has 1 aromatic carbocycles. The Hall–Kier alpha value is -2.97. The van der Waals surface area contributed by atoms with Crippen LogP contribution in [0.2, 0.25) is 0 Å². The van der Waals surface area contributed by atoms with E-state index in [2.05, 4.69) is 9.88 Å². The number of hydrogen-bond donors (Lipinski definition) is 0. The lowest BCUT2D eigenvalue weighted by molar-refractivity contribution is -0.154. The molecule has 1 aromatic heterocycles. The van der Waals surface area contributed by atoms with Gasteiger partial charge in [-0.2, -0.15) is 13.2 Å². The molecule has 0 N–H and O–H groups in total. The normalized spacial score (nSPS) is 14.7. The largest absolute Gasteiger partial charge is 0.497 e. The summed E-state index contributed by atoms with van der Waals surface area (Å²) < 4.78 is 47.1. The summed E-state index contributed by atoms with van der Waals surface area (Å²) in [5, 5.41) is 0. The van der Waals surface area contributed by atoms with Crippen LogP contribution in [0.15, 0.2) is 42.6 Å². The monoisotopic (exact) mass is 395 g/mol. The number of carbonyl (C=O) groups excluding carboxylic acids is 1.